The Bertz CT molecular complexity index is 398. The van der Waals surface area contributed by atoms with E-state index < -0.39 is 0 Å². The van der Waals surface area contributed by atoms with Gasteiger partial charge in [-0.25, -0.2) is 4.39 Å². The molecule has 4 heteroatoms. The summed E-state index contributed by atoms with van der Waals surface area (Å²) in [7, 11) is 0. The quantitative estimate of drug-likeness (QED) is 0.780. The number of hydrogen-bond acceptors (Lipinski definition) is 2. The lowest BCUT2D eigenvalue weighted by Gasteiger charge is -2.03. The molecule has 72 valence electrons. The van der Waals surface area contributed by atoms with Crippen LogP contribution in [0.5, 0.6) is 0 Å². The molecule has 0 amide bonds. The topological polar surface area (TPSA) is 40.7 Å². The lowest BCUT2D eigenvalue weighted by Crippen LogP contribution is -1.99. The van der Waals surface area contributed by atoms with Gasteiger partial charge in [0.15, 0.2) is 0 Å². The maximum atomic E-state index is 12.8. The molecule has 1 heterocycles. The lowest BCUT2D eigenvalue weighted by atomic mass is 10.3. The highest BCUT2D eigenvalue weighted by Crippen LogP contribution is 2.09. The molecule has 1 aromatic carbocycles. The van der Waals surface area contributed by atoms with Crippen LogP contribution in [0.25, 0.3) is 0 Å². The SMILES string of the molecule is Fc1cccc(NCc2ccn[nH]2)c1. The Morgan fingerprint density at radius 1 is 1.36 bits per heavy atom. The molecule has 0 unspecified atom stereocenters. The van der Waals surface area contributed by atoms with Gasteiger partial charge in [0, 0.05) is 11.9 Å². The van der Waals surface area contributed by atoms with E-state index in [1.165, 1.54) is 12.1 Å². The van der Waals surface area contributed by atoms with Crippen LogP contribution in [0.3, 0.4) is 0 Å². The zero-order valence-corrected chi connectivity index (χ0v) is 7.50. The van der Waals surface area contributed by atoms with E-state index >= 15 is 0 Å². The Kier molecular flexibility index (Phi) is 2.44. The molecule has 0 bridgehead atoms. The van der Waals surface area contributed by atoms with Gasteiger partial charge in [0.2, 0.25) is 0 Å². The van der Waals surface area contributed by atoms with Crippen LogP contribution in [0, 0.1) is 5.82 Å². The third-order valence-corrected chi connectivity index (χ3v) is 1.87. The van der Waals surface area contributed by atoms with Crippen LogP contribution in [0.4, 0.5) is 10.1 Å². The van der Waals surface area contributed by atoms with Crippen LogP contribution in [0.1, 0.15) is 5.69 Å². The predicted octanol–water partition coefficient (Wildman–Crippen LogP) is 2.16. The molecule has 1 aromatic heterocycles. The fourth-order valence-electron chi connectivity index (χ4n) is 1.18. The highest BCUT2D eigenvalue weighted by atomic mass is 19.1. The summed E-state index contributed by atoms with van der Waals surface area (Å²) in [6.07, 6.45) is 1.68. The number of nitrogens with one attached hydrogen (secondary N) is 2. The number of anilines is 1. The van der Waals surface area contributed by atoms with Gasteiger partial charge in [-0.15, -0.1) is 0 Å². The van der Waals surface area contributed by atoms with E-state index in [-0.39, 0.29) is 5.82 Å². The largest absolute Gasteiger partial charge is 0.379 e. The van der Waals surface area contributed by atoms with Gasteiger partial charge < -0.3 is 5.32 Å². The molecule has 2 rings (SSSR count). The Balaban J connectivity index is 1.98. The van der Waals surface area contributed by atoms with E-state index in [0.717, 1.165) is 11.4 Å². The minimum Gasteiger partial charge on any atom is -0.379 e. The summed E-state index contributed by atoms with van der Waals surface area (Å²) in [5, 5.41) is 9.71. The second-order valence-electron chi connectivity index (χ2n) is 2.95. The summed E-state index contributed by atoms with van der Waals surface area (Å²) in [5.74, 6) is -0.236. The van der Waals surface area contributed by atoms with E-state index in [2.05, 4.69) is 15.5 Å². The van der Waals surface area contributed by atoms with Crippen LogP contribution in [0.2, 0.25) is 0 Å². The average Bonchev–Trinajstić information content (AvgIpc) is 2.67. The molecule has 0 saturated carbocycles. The van der Waals surface area contributed by atoms with Crippen LogP contribution in [-0.4, -0.2) is 10.2 Å². The summed E-state index contributed by atoms with van der Waals surface area (Å²) < 4.78 is 12.8. The first-order valence-electron chi connectivity index (χ1n) is 4.32. The van der Waals surface area contributed by atoms with Gasteiger partial charge >= 0.3 is 0 Å². The summed E-state index contributed by atoms with van der Waals surface area (Å²) in [4.78, 5) is 0. The third kappa shape index (κ3) is 2.10. The molecular weight excluding hydrogens is 181 g/mol. The molecule has 2 N–H and O–H groups in total. The highest BCUT2D eigenvalue weighted by molar-refractivity contribution is 5.43. The molecule has 0 radical (unpaired) electrons. The zero-order valence-electron chi connectivity index (χ0n) is 7.50. The summed E-state index contributed by atoms with van der Waals surface area (Å²) in [6, 6.07) is 8.23. The molecule has 0 fully saturated rings. The van der Waals surface area contributed by atoms with Crippen molar-refractivity contribution < 1.29 is 4.39 Å². The molecule has 0 aliphatic heterocycles. The van der Waals surface area contributed by atoms with Crippen molar-refractivity contribution in [3.63, 3.8) is 0 Å². The first-order valence-corrected chi connectivity index (χ1v) is 4.32. The van der Waals surface area contributed by atoms with Crippen molar-refractivity contribution in [1.82, 2.24) is 10.2 Å². The van der Waals surface area contributed by atoms with Crippen LogP contribution >= 0.6 is 0 Å². The van der Waals surface area contributed by atoms with E-state index in [9.17, 15) is 4.39 Å². The number of hydrogen-bond donors (Lipinski definition) is 2. The van der Waals surface area contributed by atoms with Gasteiger partial charge in [0.1, 0.15) is 5.82 Å². The molecule has 3 nitrogen and oxygen atoms in total. The van der Waals surface area contributed by atoms with Crippen molar-refractivity contribution in [1.29, 1.82) is 0 Å². The number of rotatable bonds is 3. The summed E-state index contributed by atoms with van der Waals surface area (Å²) >= 11 is 0. The Hall–Kier alpha value is -1.84. The fraction of sp³-hybridized carbons (Fsp3) is 0.100. The van der Waals surface area contributed by atoms with Crippen LogP contribution in [-0.2, 0) is 6.54 Å². The molecule has 2 aromatic rings. The number of aromatic nitrogens is 2. The second kappa shape index (κ2) is 3.91. The molecule has 14 heavy (non-hydrogen) atoms. The molecule has 0 saturated heterocycles. The lowest BCUT2D eigenvalue weighted by molar-refractivity contribution is 0.628. The van der Waals surface area contributed by atoms with E-state index in [4.69, 9.17) is 0 Å². The monoisotopic (exact) mass is 191 g/mol. The predicted molar refractivity (Wildman–Crippen MR) is 52.3 cm³/mol. The van der Waals surface area contributed by atoms with Crippen molar-refractivity contribution in [3.05, 3.63) is 48.0 Å². The van der Waals surface area contributed by atoms with Crippen molar-refractivity contribution in [2.45, 2.75) is 6.54 Å². The Labute approximate surface area is 81.0 Å². The number of H-pyrrole nitrogens is 1. The normalized spacial score (nSPS) is 10.1. The van der Waals surface area contributed by atoms with Crippen LogP contribution < -0.4 is 5.32 Å². The van der Waals surface area contributed by atoms with Crippen molar-refractivity contribution in [3.8, 4) is 0 Å². The van der Waals surface area contributed by atoms with Crippen molar-refractivity contribution in [2.75, 3.05) is 5.32 Å². The van der Waals surface area contributed by atoms with E-state index in [1.54, 1.807) is 12.3 Å². The smallest absolute Gasteiger partial charge is 0.125 e. The Morgan fingerprint density at radius 2 is 2.29 bits per heavy atom. The van der Waals surface area contributed by atoms with E-state index in [1.807, 2.05) is 12.1 Å². The van der Waals surface area contributed by atoms with Crippen molar-refractivity contribution in [2.24, 2.45) is 0 Å². The fourth-order valence-corrected chi connectivity index (χ4v) is 1.18. The Morgan fingerprint density at radius 3 is 3.00 bits per heavy atom. The highest BCUT2D eigenvalue weighted by Gasteiger charge is 1.95. The number of nitrogens with zero attached hydrogens (tertiary/aromatic N) is 1. The first kappa shape index (κ1) is 8.74. The standard InChI is InChI=1S/C10H10FN3/c11-8-2-1-3-9(6-8)12-7-10-4-5-13-14-10/h1-6,12H,7H2,(H,13,14). The average molecular weight is 191 g/mol. The van der Waals surface area contributed by atoms with Crippen molar-refractivity contribution >= 4 is 5.69 Å². The summed E-state index contributed by atoms with van der Waals surface area (Å²) in [5.41, 5.74) is 1.73. The van der Waals surface area contributed by atoms with Gasteiger partial charge in [0.05, 0.1) is 12.2 Å². The van der Waals surface area contributed by atoms with Gasteiger partial charge in [-0.05, 0) is 24.3 Å². The molecule has 0 spiro atoms. The second-order valence-corrected chi connectivity index (χ2v) is 2.95. The zero-order chi connectivity index (χ0) is 9.80. The van der Waals surface area contributed by atoms with Gasteiger partial charge in [-0.2, -0.15) is 5.10 Å². The van der Waals surface area contributed by atoms with Gasteiger partial charge in [-0.3, -0.25) is 5.10 Å². The third-order valence-electron chi connectivity index (χ3n) is 1.87. The van der Waals surface area contributed by atoms with Gasteiger partial charge in [-0.1, -0.05) is 6.07 Å². The first-order chi connectivity index (χ1) is 6.84. The minimum absolute atomic E-state index is 0.236. The molecule has 0 aliphatic rings. The number of aromatic amines is 1. The van der Waals surface area contributed by atoms with E-state index in [0.29, 0.717) is 6.54 Å². The maximum Gasteiger partial charge on any atom is 0.125 e. The van der Waals surface area contributed by atoms with Gasteiger partial charge in [0.25, 0.3) is 0 Å². The number of benzene rings is 1. The molecule has 0 atom stereocenters. The molecular formula is C10H10FN3. The maximum absolute atomic E-state index is 12.8. The van der Waals surface area contributed by atoms with Crippen LogP contribution in [0.15, 0.2) is 36.5 Å². The number of halogens is 1. The minimum atomic E-state index is -0.236. The summed E-state index contributed by atoms with van der Waals surface area (Å²) in [6.45, 7) is 0.615. The molecule has 0 aliphatic carbocycles.